The van der Waals surface area contributed by atoms with E-state index in [1.807, 2.05) is 12.1 Å². The molecule has 0 aliphatic rings. The van der Waals surface area contributed by atoms with E-state index in [2.05, 4.69) is 104 Å². The first-order valence-electron chi connectivity index (χ1n) is 8.29. The summed E-state index contributed by atoms with van der Waals surface area (Å²) in [7, 11) is 0. The molecule has 1 aromatic heterocycles. The first kappa shape index (κ1) is 16.5. The summed E-state index contributed by atoms with van der Waals surface area (Å²) < 4.78 is 0.734. The Balaban J connectivity index is 1.73. The van der Waals surface area contributed by atoms with E-state index in [-0.39, 0.29) is 0 Å². The number of hydrogen-bond donors (Lipinski definition) is 0. The van der Waals surface area contributed by atoms with Crippen LogP contribution in [0.4, 0.5) is 17.1 Å². The maximum atomic E-state index is 4.42. The maximum absolute atomic E-state index is 4.42. The number of anilines is 3. The Bertz CT molecular complexity index is 930. The Morgan fingerprint density at radius 1 is 0.577 bits per heavy atom. The van der Waals surface area contributed by atoms with Gasteiger partial charge in [0.1, 0.15) is 4.60 Å². The molecule has 0 radical (unpaired) electrons. The smallest absolute Gasteiger partial charge is 0.124 e. The highest BCUT2D eigenvalue weighted by molar-refractivity contribution is 9.10. The summed E-state index contributed by atoms with van der Waals surface area (Å²) in [5.74, 6) is 0. The molecule has 0 atom stereocenters. The summed E-state index contributed by atoms with van der Waals surface area (Å²) in [4.78, 5) is 10.9. The number of hydrogen-bond acceptors (Lipinski definition) is 3. The van der Waals surface area contributed by atoms with Gasteiger partial charge in [-0.2, -0.15) is 0 Å². The molecule has 0 N–H and O–H groups in total. The second-order valence-corrected chi connectivity index (χ2v) is 6.59. The predicted molar refractivity (Wildman–Crippen MR) is 110 cm³/mol. The molecule has 1 heterocycles. The highest BCUT2D eigenvalue weighted by Crippen LogP contribution is 2.34. The van der Waals surface area contributed by atoms with Crippen LogP contribution in [0.2, 0.25) is 0 Å². The molecule has 0 spiro atoms. The maximum Gasteiger partial charge on any atom is 0.124 e. The summed E-state index contributed by atoms with van der Waals surface area (Å²) in [5, 5.41) is 0. The van der Waals surface area contributed by atoms with Gasteiger partial charge in [0.15, 0.2) is 0 Å². The van der Waals surface area contributed by atoms with Crippen molar-refractivity contribution < 1.29 is 0 Å². The SMILES string of the molecule is Brc1cnc(-c2ccc(N(c3ccccc3)c3ccccc3)cc2)cn1. The highest BCUT2D eigenvalue weighted by Gasteiger charge is 2.12. The van der Waals surface area contributed by atoms with Gasteiger partial charge in [-0.15, -0.1) is 0 Å². The minimum Gasteiger partial charge on any atom is -0.311 e. The topological polar surface area (TPSA) is 29.0 Å². The van der Waals surface area contributed by atoms with Gasteiger partial charge in [-0.1, -0.05) is 48.5 Å². The van der Waals surface area contributed by atoms with Gasteiger partial charge in [0.25, 0.3) is 0 Å². The van der Waals surface area contributed by atoms with Crippen molar-refractivity contribution >= 4 is 33.0 Å². The van der Waals surface area contributed by atoms with Crippen molar-refractivity contribution in [3.05, 3.63) is 102 Å². The Morgan fingerprint density at radius 2 is 1.12 bits per heavy atom. The van der Waals surface area contributed by atoms with Gasteiger partial charge >= 0.3 is 0 Å². The summed E-state index contributed by atoms with van der Waals surface area (Å²) in [6.45, 7) is 0. The summed E-state index contributed by atoms with van der Waals surface area (Å²) in [6, 6.07) is 29.1. The summed E-state index contributed by atoms with van der Waals surface area (Å²) in [6.07, 6.45) is 3.48. The number of nitrogens with zero attached hydrogens (tertiary/aromatic N) is 3. The zero-order valence-electron chi connectivity index (χ0n) is 14.0. The predicted octanol–water partition coefficient (Wildman–Crippen LogP) is 6.38. The molecule has 3 aromatic carbocycles. The Labute approximate surface area is 161 Å². The van der Waals surface area contributed by atoms with Crippen LogP contribution in [0.25, 0.3) is 11.3 Å². The number of para-hydroxylation sites is 2. The van der Waals surface area contributed by atoms with Crippen LogP contribution in [0.1, 0.15) is 0 Å². The van der Waals surface area contributed by atoms with E-state index in [9.17, 15) is 0 Å². The van der Waals surface area contributed by atoms with Crippen LogP contribution in [0.15, 0.2) is 102 Å². The highest BCUT2D eigenvalue weighted by atomic mass is 79.9. The largest absolute Gasteiger partial charge is 0.311 e. The van der Waals surface area contributed by atoms with Crippen molar-refractivity contribution in [2.24, 2.45) is 0 Å². The third-order valence-corrected chi connectivity index (χ3v) is 4.48. The first-order chi connectivity index (χ1) is 12.8. The lowest BCUT2D eigenvalue weighted by Gasteiger charge is -2.25. The summed E-state index contributed by atoms with van der Waals surface area (Å²) >= 11 is 3.32. The van der Waals surface area contributed by atoms with Crippen molar-refractivity contribution in [1.29, 1.82) is 0 Å². The van der Waals surface area contributed by atoms with E-state index in [0.717, 1.165) is 32.9 Å². The Hall–Kier alpha value is -2.98. The fourth-order valence-electron chi connectivity index (χ4n) is 2.84. The lowest BCUT2D eigenvalue weighted by molar-refractivity contribution is 1.17. The lowest BCUT2D eigenvalue weighted by atomic mass is 10.1. The molecule has 0 aliphatic heterocycles. The van der Waals surface area contributed by atoms with Crippen LogP contribution in [0.5, 0.6) is 0 Å². The van der Waals surface area contributed by atoms with Crippen LogP contribution in [-0.4, -0.2) is 9.97 Å². The van der Waals surface area contributed by atoms with Crippen molar-refractivity contribution in [3.63, 3.8) is 0 Å². The van der Waals surface area contributed by atoms with Crippen LogP contribution >= 0.6 is 15.9 Å². The molecular weight excluding hydrogens is 386 g/mol. The van der Waals surface area contributed by atoms with Crippen LogP contribution < -0.4 is 4.90 Å². The fourth-order valence-corrected chi connectivity index (χ4v) is 3.05. The molecule has 0 amide bonds. The van der Waals surface area contributed by atoms with Gasteiger partial charge in [-0.05, 0) is 52.3 Å². The molecule has 0 bridgehead atoms. The van der Waals surface area contributed by atoms with Crippen LogP contribution in [-0.2, 0) is 0 Å². The molecular formula is C22H16BrN3. The third kappa shape index (κ3) is 3.51. The van der Waals surface area contributed by atoms with Crippen LogP contribution in [0.3, 0.4) is 0 Å². The van der Waals surface area contributed by atoms with Crippen molar-refractivity contribution in [2.45, 2.75) is 0 Å². The van der Waals surface area contributed by atoms with E-state index in [1.54, 1.807) is 12.4 Å². The van der Waals surface area contributed by atoms with Gasteiger partial charge in [0.05, 0.1) is 18.1 Å². The minimum atomic E-state index is 0.734. The molecule has 0 unspecified atom stereocenters. The zero-order chi connectivity index (χ0) is 17.8. The molecule has 126 valence electrons. The van der Waals surface area contributed by atoms with Crippen molar-refractivity contribution in [2.75, 3.05) is 4.90 Å². The molecule has 3 nitrogen and oxygen atoms in total. The van der Waals surface area contributed by atoms with E-state index in [1.165, 1.54) is 0 Å². The Kier molecular flexibility index (Phi) is 4.75. The number of halogens is 1. The Morgan fingerprint density at radius 3 is 1.62 bits per heavy atom. The number of rotatable bonds is 4. The van der Waals surface area contributed by atoms with E-state index in [4.69, 9.17) is 0 Å². The molecule has 0 aliphatic carbocycles. The lowest BCUT2D eigenvalue weighted by Crippen LogP contribution is -2.09. The molecule has 26 heavy (non-hydrogen) atoms. The zero-order valence-corrected chi connectivity index (χ0v) is 15.5. The van der Waals surface area contributed by atoms with E-state index >= 15 is 0 Å². The van der Waals surface area contributed by atoms with Gasteiger partial charge < -0.3 is 4.90 Å². The minimum absolute atomic E-state index is 0.734. The average Bonchev–Trinajstić information content (AvgIpc) is 2.71. The normalized spacial score (nSPS) is 10.5. The van der Waals surface area contributed by atoms with Gasteiger partial charge in [0, 0.05) is 22.6 Å². The molecule has 0 saturated carbocycles. The third-order valence-electron chi connectivity index (χ3n) is 4.07. The molecule has 4 heteroatoms. The van der Waals surface area contributed by atoms with Crippen molar-refractivity contribution in [1.82, 2.24) is 9.97 Å². The second-order valence-electron chi connectivity index (χ2n) is 5.78. The second kappa shape index (κ2) is 7.50. The number of benzene rings is 3. The van der Waals surface area contributed by atoms with Crippen LogP contribution in [0, 0.1) is 0 Å². The van der Waals surface area contributed by atoms with Gasteiger partial charge in [-0.25, -0.2) is 4.98 Å². The van der Waals surface area contributed by atoms with E-state index in [0.29, 0.717) is 0 Å². The van der Waals surface area contributed by atoms with E-state index < -0.39 is 0 Å². The fraction of sp³-hybridized carbons (Fsp3) is 0. The average molecular weight is 402 g/mol. The monoisotopic (exact) mass is 401 g/mol. The van der Waals surface area contributed by atoms with Gasteiger partial charge in [0.2, 0.25) is 0 Å². The molecule has 0 saturated heterocycles. The summed E-state index contributed by atoms with van der Waals surface area (Å²) in [5.41, 5.74) is 5.22. The molecule has 0 fully saturated rings. The number of aromatic nitrogens is 2. The first-order valence-corrected chi connectivity index (χ1v) is 9.09. The van der Waals surface area contributed by atoms with Crippen molar-refractivity contribution in [3.8, 4) is 11.3 Å². The molecule has 4 aromatic rings. The standard InChI is InChI=1S/C22H16BrN3/c23-22-16-24-21(15-25-22)17-11-13-20(14-12-17)26(18-7-3-1-4-8-18)19-9-5-2-6-10-19/h1-16H. The quantitative estimate of drug-likeness (QED) is 0.397. The molecule has 4 rings (SSSR count). The van der Waals surface area contributed by atoms with Gasteiger partial charge in [-0.3, -0.25) is 4.98 Å².